The SMILES string of the molecule is CC(=O)O[C@]12C=C(c3ccccc3)C[C@H]1C2. The van der Waals surface area contributed by atoms with E-state index in [0.29, 0.717) is 5.92 Å². The molecule has 2 aliphatic rings. The van der Waals surface area contributed by atoms with Gasteiger partial charge in [0.15, 0.2) is 0 Å². The van der Waals surface area contributed by atoms with Crippen LogP contribution in [0, 0.1) is 5.92 Å². The minimum atomic E-state index is -0.253. The van der Waals surface area contributed by atoms with Crippen molar-refractivity contribution in [1.29, 1.82) is 0 Å². The molecule has 0 bridgehead atoms. The van der Waals surface area contributed by atoms with E-state index in [0.717, 1.165) is 12.8 Å². The average Bonchev–Trinajstić information content (AvgIpc) is 2.79. The lowest BCUT2D eigenvalue weighted by atomic mass is 10.0. The first kappa shape index (κ1) is 9.64. The Bertz CT molecular complexity index is 461. The lowest BCUT2D eigenvalue weighted by Gasteiger charge is -2.09. The summed E-state index contributed by atoms with van der Waals surface area (Å²) >= 11 is 0. The van der Waals surface area contributed by atoms with Crippen LogP contribution in [-0.4, -0.2) is 11.6 Å². The molecule has 2 nitrogen and oxygen atoms in total. The second-order valence-corrected chi connectivity index (χ2v) is 4.69. The zero-order valence-electron chi connectivity index (χ0n) is 9.27. The third kappa shape index (κ3) is 1.45. The third-order valence-corrected chi connectivity index (χ3v) is 3.46. The molecule has 16 heavy (non-hydrogen) atoms. The van der Waals surface area contributed by atoms with Gasteiger partial charge in [0, 0.05) is 12.8 Å². The first-order valence-electron chi connectivity index (χ1n) is 5.66. The Morgan fingerprint density at radius 2 is 2.12 bits per heavy atom. The van der Waals surface area contributed by atoms with Crippen molar-refractivity contribution < 1.29 is 9.53 Å². The molecule has 1 fully saturated rings. The maximum Gasteiger partial charge on any atom is 0.303 e. The van der Waals surface area contributed by atoms with Gasteiger partial charge < -0.3 is 4.74 Å². The molecule has 0 N–H and O–H groups in total. The van der Waals surface area contributed by atoms with Gasteiger partial charge in [0.05, 0.1) is 0 Å². The van der Waals surface area contributed by atoms with Crippen molar-refractivity contribution >= 4 is 11.5 Å². The van der Waals surface area contributed by atoms with E-state index in [-0.39, 0.29) is 11.6 Å². The second kappa shape index (κ2) is 3.21. The van der Waals surface area contributed by atoms with Crippen LogP contribution in [0.5, 0.6) is 0 Å². The van der Waals surface area contributed by atoms with Crippen molar-refractivity contribution in [3.8, 4) is 0 Å². The number of esters is 1. The van der Waals surface area contributed by atoms with Crippen LogP contribution in [0.4, 0.5) is 0 Å². The van der Waals surface area contributed by atoms with E-state index in [1.165, 1.54) is 18.1 Å². The van der Waals surface area contributed by atoms with Gasteiger partial charge in [-0.05, 0) is 30.1 Å². The molecule has 82 valence electrons. The number of ether oxygens (including phenoxy) is 1. The molecule has 0 radical (unpaired) electrons. The van der Waals surface area contributed by atoms with Crippen molar-refractivity contribution in [2.45, 2.75) is 25.4 Å². The van der Waals surface area contributed by atoms with Crippen molar-refractivity contribution in [3.63, 3.8) is 0 Å². The standard InChI is InChI=1S/C14H14O2/c1-10(15)16-14-8-12(7-13(14)9-14)11-5-3-2-4-6-11/h2-6,8,13H,7,9H2,1H3/t13-,14-/m0/s1. The molecule has 0 spiro atoms. The summed E-state index contributed by atoms with van der Waals surface area (Å²) in [5.41, 5.74) is 2.32. The Morgan fingerprint density at radius 3 is 2.81 bits per heavy atom. The summed E-state index contributed by atoms with van der Waals surface area (Å²) in [4.78, 5) is 11.0. The predicted molar refractivity (Wildman–Crippen MR) is 61.6 cm³/mol. The summed E-state index contributed by atoms with van der Waals surface area (Å²) in [6.07, 6.45) is 4.19. The molecule has 1 saturated carbocycles. The first-order chi connectivity index (χ1) is 7.70. The van der Waals surface area contributed by atoms with E-state index in [2.05, 4.69) is 18.2 Å². The summed E-state index contributed by atoms with van der Waals surface area (Å²) in [6.45, 7) is 1.48. The van der Waals surface area contributed by atoms with Gasteiger partial charge in [0.25, 0.3) is 0 Å². The van der Waals surface area contributed by atoms with E-state index in [4.69, 9.17) is 4.74 Å². The van der Waals surface area contributed by atoms with Crippen LogP contribution >= 0.6 is 0 Å². The molecule has 0 saturated heterocycles. The molecule has 1 aromatic rings. The number of carbonyl (C=O) groups is 1. The monoisotopic (exact) mass is 214 g/mol. The van der Waals surface area contributed by atoms with Crippen LogP contribution in [0.1, 0.15) is 25.3 Å². The van der Waals surface area contributed by atoms with Gasteiger partial charge in [-0.3, -0.25) is 4.79 Å². The quantitative estimate of drug-likeness (QED) is 0.707. The highest BCUT2D eigenvalue weighted by Crippen LogP contribution is 2.58. The second-order valence-electron chi connectivity index (χ2n) is 4.69. The Labute approximate surface area is 94.9 Å². The molecule has 0 aliphatic heterocycles. The Balaban J connectivity index is 1.86. The minimum absolute atomic E-state index is 0.173. The van der Waals surface area contributed by atoms with E-state index < -0.39 is 0 Å². The van der Waals surface area contributed by atoms with Crippen LogP contribution in [0.2, 0.25) is 0 Å². The third-order valence-electron chi connectivity index (χ3n) is 3.46. The highest BCUT2D eigenvalue weighted by Gasteiger charge is 2.59. The summed E-state index contributed by atoms with van der Waals surface area (Å²) in [5.74, 6) is 0.347. The van der Waals surface area contributed by atoms with Gasteiger partial charge in [-0.1, -0.05) is 30.3 Å². The van der Waals surface area contributed by atoms with Crippen LogP contribution in [0.25, 0.3) is 5.57 Å². The molecule has 2 heteroatoms. The fraction of sp³-hybridized carbons (Fsp3) is 0.357. The summed E-state index contributed by atoms with van der Waals surface area (Å²) in [6, 6.07) is 10.3. The highest BCUT2D eigenvalue weighted by atomic mass is 16.6. The minimum Gasteiger partial charge on any atom is -0.455 e. The lowest BCUT2D eigenvalue weighted by molar-refractivity contribution is -0.146. The van der Waals surface area contributed by atoms with Crippen molar-refractivity contribution in [3.05, 3.63) is 42.0 Å². The molecule has 3 rings (SSSR count). The maximum atomic E-state index is 11.0. The van der Waals surface area contributed by atoms with Crippen molar-refractivity contribution in [1.82, 2.24) is 0 Å². The molecule has 2 aliphatic carbocycles. The Kier molecular flexibility index (Phi) is 1.93. The Morgan fingerprint density at radius 1 is 1.38 bits per heavy atom. The van der Waals surface area contributed by atoms with Crippen molar-refractivity contribution in [2.75, 3.05) is 0 Å². The fourth-order valence-electron chi connectivity index (χ4n) is 2.64. The molecular weight excluding hydrogens is 200 g/mol. The van der Waals surface area contributed by atoms with E-state index >= 15 is 0 Å². The highest BCUT2D eigenvalue weighted by molar-refractivity contribution is 5.74. The van der Waals surface area contributed by atoms with Crippen molar-refractivity contribution in [2.24, 2.45) is 5.92 Å². The number of hydrogen-bond donors (Lipinski definition) is 0. The van der Waals surface area contributed by atoms with E-state index in [1.807, 2.05) is 18.2 Å². The van der Waals surface area contributed by atoms with Gasteiger partial charge in [-0.25, -0.2) is 0 Å². The summed E-state index contributed by atoms with van der Waals surface area (Å²) in [5, 5.41) is 0. The van der Waals surface area contributed by atoms with Gasteiger partial charge in [0.1, 0.15) is 5.60 Å². The molecule has 0 heterocycles. The molecule has 0 aromatic heterocycles. The lowest BCUT2D eigenvalue weighted by Crippen LogP contribution is -2.15. The molecular formula is C14H14O2. The van der Waals surface area contributed by atoms with Crippen LogP contribution in [0.15, 0.2) is 36.4 Å². The van der Waals surface area contributed by atoms with E-state index in [9.17, 15) is 4.79 Å². The van der Waals surface area contributed by atoms with Gasteiger partial charge in [0.2, 0.25) is 0 Å². The number of benzene rings is 1. The number of allylic oxidation sites excluding steroid dienone is 1. The number of rotatable bonds is 2. The van der Waals surface area contributed by atoms with E-state index in [1.54, 1.807) is 0 Å². The first-order valence-corrected chi connectivity index (χ1v) is 5.66. The topological polar surface area (TPSA) is 26.3 Å². The van der Waals surface area contributed by atoms with Crippen LogP contribution in [-0.2, 0) is 9.53 Å². The Hall–Kier alpha value is -1.57. The van der Waals surface area contributed by atoms with Crippen LogP contribution < -0.4 is 0 Å². The fourth-order valence-corrected chi connectivity index (χ4v) is 2.64. The van der Waals surface area contributed by atoms with Gasteiger partial charge >= 0.3 is 5.97 Å². The number of hydrogen-bond acceptors (Lipinski definition) is 2. The normalized spacial score (nSPS) is 30.6. The van der Waals surface area contributed by atoms with Gasteiger partial charge in [-0.15, -0.1) is 0 Å². The number of fused-ring (bicyclic) bond motifs is 1. The summed E-state index contributed by atoms with van der Waals surface area (Å²) in [7, 11) is 0. The zero-order chi connectivity index (χ0) is 11.2. The summed E-state index contributed by atoms with van der Waals surface area (Å²) < 4.78 is 5.41. The molecule has 0 amide bonds. The largest absolute Gasteiger partial charge is 0.455 e. The smallest absolute Gasteiger partial charge is 0.303 e. The number of carbonyl (C=O) groups excluding carboxylic acids is 1. The maximum absolute atomic E-state index is 11.0. The zero-order valence-corrected chi connectivity index (χ0v) is 9.27. The van der Waals surface area contributed by atoms with Crippen LogP contribution in [0.3, 0.4) is 0 Å². The van der Waals surface area contributed by atoms with Gasteiger partial charge in [-0.2, -0.15) is 0 Å². The molecule has 1 aromatic carbocycles. The predicted octanol–water partition coefficient (Wildman–Crippen LogP) is 2.80. The molecule has 2 atom stereocenters. The average molecular weight is 214 g/mol. The molecule has 0 unspecified atom stereocenters.